The average Bonchev–Trinajstić information content (AvgIpc) is 3.21. The van der Waals surface area contributed by atoms with Crippen LogP contribution in [0.15, 0.2) is 146 Å². The Morgan fingerprint density at radius 3 is 0.446 bits per heavy atom. The van der Waals surface area contributed by atoms with Crippen LogP contribution in [-0.4, -0.2) is 65.7 Å². The molecular formula is C36H24Cr2N6O12. The van der Waals surface area contributed by atoms with Gasteiger partial charge in [-0.1, -0.05) is 36.4 Å². The largest absolute Gasteiger partial charge is 3.00 e. The van der Waals surface area contributed by atoms with Gasteiger partial charge in [-0.15, -0.1) is 0 Å². The van der Waals surface area contributed by atoms with Gasteiger partial charge in [0.1, 0.15) is 0 Å². The van der Waals surface area contributed by atoms with Crippen LogP contribution in [0.25, 0.3) is 0 Å². The third-order valence-corrected chi connectivity index (χ3v) is 5.24. The van der Waals surface area contributed by atoms with Crippen molar-refractivity contribution in [1.82, 2.24) is 29.9 Å². The molecule has 0 unspecified atom stereocenters. The van der Waals surface area contributed by atoms with E-state index in [1.807, 2.05) is 0 Å². The van der Waals surface area contributed by atoms with Gasteiger partial charge in [-0.2, -0.15) is 0 Å². The van der Waals surface area contributed by atoms with Crippen LogP contribution < -0.4 is 30.6 Å². The van der Waals surface area contributed by atoms with E-state index in [9.17, 15) is 59.4 Å². The second-order valence-electron chi connectivity index (χ2n) is 9.01. The molecule has 0 saturated carbocycles. The van der Waals surface area contributed by atoms with Crippen molar-refractivity contribution >= 4 is 35.8 Å². The van der Waals surface area contributed by atoms with Gasteiger partial charge in [0.25, 0.3) is 0 Å². The SMILES string of the molecule is O=C([O-])c1ccccn1.O=C([O-])c1ccccn1.O=C([O-])c1ccccn1.O=C([O-])c1ccccn1.O=C([O-])c1ccccn1.O=C([O-])c1ccccn1.[Cr+3].[Cr+3]. The summed E-state index contributed by atoms with van der Waals surface area (Å²) in [4.78, 5) is 81.3. The number of carboxylic acid groups (broad SMARTS) is 6. The zero-order valence-corrected chi connectivity index (χ0v) is 30.8. The molecule has 0 fully saturated rings. The third-order valence-electron chi connectivity index (χ3n) is 5.24. The summed E-state index contributed by atoms with van der Waals surface area (Å²) in [5.74, 6) is -7.44. The standard InChI is InChI=1S/6C6H5NO2.2Cr/c6*8-6(9)5-3-1-2-4-7-5;;/h6*1-4H,(H,8,9);;/q;;;;;;2*+3/p-6. The maximum atomic E-state index is 10.0. The molecule has 20 heteroatoms. The molecule has 6 heterocycles. The summed E-state index contributed by atoms with van der Waals surface area (Å²) in [6.07, 6.45) is 8.45. The normalized spacial score (nSPS) is 8.57. The summed E-state index contributed by atoms with van der Waals surface area (Å²) in [6.45, 7) is 0. The molecule has 0 aliphatic rings. The Morgan fingerprint density at radius 1 is 0.268 bits per heavy atom. The number of nitrogens with zero attached hydrogens (tertiary/aromatic N) is 6. The smallest absolute Gasteiger partial charge is 0.543 e. The van der Waals surface area contributed by atoms with Gasteiger partial charge in [0.05, 0.1) is 70.0 Å². The molecule has 0 N–H and O–H groups in total. The predicted molar refractivity (Wildman–Crippen MR) is 171 cm³/mol. The Labute approximate surface area is 339 Å². The Hall–Kier alpha value is -7.22. The first-order valence-corrected chi connectivity index (χ1v) is 14.6. The van der Waals surface area contributed by atoms with Crippen molar-refractivity contribution in [3.05, 3.63) is 181 Å². The van der Waals surface area contributed by atoms with Crippen LogP contribution in [0, 0.1) is 0 Å². The molecule has 56 heavy (non-hydrogen) atoms. The van der Waals surface area contributed by atoms with E-state index in [1.54, 1.807) is 72.8 Å². The minimum Gasteiger partial charge on any atom is -0.543 e. The summed E-state index contributed by atoms with van der Waals surface area (Å²) in [5.41, 5.74) is -0.181. The van der Waals surface area contributed by atoms with E-state index in [0.29, 0.717) is 0 Å². The molecule has 6 aromatic rings. The fourth-order valence-electron chi connectivity index (χ4n) is 2.90. The molecule has 282 valence electrons. The number of aromatic carboxylic acids is 6. The average molecular weight is 837 g/mol. The summed E-state index contributed by atoms with van der Waals surface area (Å²) >= 11 is 0. The number of pyridine rings is 6. The zero-order valence-electron chi connectivity index (χ0n) is 28.3. The van der Waals surface area contributed by atoms with Crippen LogP contribution in [0.4, 0.5) is 0 Å². The number of carbonyl (C=O) groups is 6. The number of hydrogen-bond donors (Lipinski definition) is 0. The van der Waals surface area contributed by atoms with E-state index in [1.165, 1.54) is 73.6 Å². The topological polar surface area (TPSA) is 318 Å². The molecule has 0 amide bonds. The van der Waals surface area contributed by atoms with E-state index in [-0.39, 0.29) is 68.9 Å². The molecule has 0 atom stereocenters. The zero-order chi connectivity index (χ0) is 40.1. The first-order chi connectivity index (χ1) is 25.8. The molecule has 0 spiro atoms. The van der Waals surface area contributed by atoms with Crippen molar-refractivity contribution in [2.75, 3.05) is 0 Å². The Bertz CT molecular complexity index is 1640. The fourth-order valence-corrected chi connectivity index (χ4v) is 2.90. The van der Waals surface area contributed by atoms with Gasteiger partial charge in [0, 0.05) is 37.2 Å². The van der Waals surface area contributed by atoms with E-state index in [2.05, 4.69) is 29.9 Å². The second kappa shape index (κ2) is 30.3. The number of carbonyl (C=O) groups excluding carboxylic acids is 6. The first kappa shape index (κ1) is 50.9. The Kier molecular flexibility index (Phi) is 27.5. The molecule has 0 saturated heterocycles. The molecule has 0 bridgehead atoms. The van der Waals surface area contributed by atoms with Crippen LogP contribution in [-0.2, 0) is 34.7 Å². The maximum Gasteiger partial charge on any atom is 3.00 e. The summed E-state index contributed by atoms with van der Waals surface area (Å²) < 4.78 is 0. The number of carboxylic acids is 6. The van der Waals surface area contributed by atoms with Crippen molar-refractivity contribution in [1.29, 1.82) is 0 Å². The summed E-state index contributed by atoms with van der Waals surface area (Å²) in [5, 5.41) is 60.2. The van der Waals surface area contributed by atoms with Crippen LogP contribution >= 0.6 is 0 Å². The van der Waals surface area contributed by atoms with Gasteiger partial charge in [0.2, 0.25) is 0 Å². The second-order valence-corrected chi connectivity index (χ2v) is 9.01. The molecule has 6 rings (SSSR count). The first-order valence-electron chi connectivity index (χ1n) is 14.6. The van der Waals surface area contributed by atoms with Crippen molar-refractivity contribution in [3.63, 3.8) is 0 Å². The van der Waals surface area contributed by atoms with Gasteiger partial charge >= 0.3 is 34.7 Å². The molecular weight excluding hydrogens is 812 g/mol. The fraction of sp³-hybridized carbons (Fsp3) is 0. The van der Waals surface area contributed by atoms with Crippen LogP contribution in [0.5, 0.6) is 0 Å². The molecule has 0 aliphatic heterocycles. The summed E-state index contributed by atoms with van der Waals surface area (Å²) in [7, 11) is 0. The van der Waals surface area contributed by atoms with Gasteiger partial charge in [-0.25, -0.2) is 0 Å². The Morgan fingerprint density at radius 2 is 0.393 bits per heavy atom. The minimum atomic E-state index is -1.24. The molecule has 18 nitrogen and oxygen atoms in total. The quantitative estimate of drug-likeness (QED) is 0.158. The van der Waals surface area contributed by atoms with Crippen molar-refractivity contribution in [3.8, 4) is 0 Å². The molecule has 6 aromatic heterocycles. The monoisotopic (exact) mass is 836 g/mol. The van der Waals surface area contributed by atoms with Gasteiger partial charge in [-0.3, -0.25) is 29.9 Å². The van der Waals surface area contributed by atoms with E-state index < -0.39 is 35.8 Å². The molecule has 0 aromatic carbocycles. The van der Waals surface area contributed by atoms with Gasteiger partial charge in [-0.05, 0) is 72.8 Å². The van der Waals surface area contributed by atoms with Gasteiger partial charge in [0.15, 0.2) is 0 Å². The number of hydrogen-bond acceptors (Lipinski definition) is 18. The summed E-state index contributed by atoms with van der Waals surface area (Å²) in [6, 6.07) is 27.7. The third kappa shape index (κ3) is 23.4. The predicted octanol–water partition coefficient (Wildman–Crippen LogP) is -3.33. The Balaban J connectivity index is 0. The van der Waals surface area contributed by atoms with E-state index in [0.717, 1.165) is 0 Å². The molecule has 0 aliphatic carbocycles. The number of rotatable bonds is 6. The maximum absolute atomic E-state index is 10.0. The van der Waals surface area contributed by atoms with Crippen molar-refractivity contribution in [2.24, 2.45) is 0 Å². The number of aromatic nitrogens is 6. The van der Waals surface area contributed by atoms with Crippen molar-refractivity contribution in [2.45, 2.75) is 0 Å². The van der Waals surface area contributed by atoms with E-state index in [4.69, 9.17) is 0 Å². The van der Waals surface area contributed by atoms with Crippen molar-refractivity contribution < 1.29 is 94.1 Å². The van der Waals surface area contributed by atoms with Gasteiger partial charge < -0.3 is 59.4 Å². The van der Waals surface area contributed by atoms with E-state index >= 15 is 0 Å². The van der Waals surface area contributed by atoms with Crippen LogP contribution in [0.2, 0.25) is 0 Å². The van der Waals surface area contributed by atoms with Crippen LogP contribution in [0.3, 0.4) is 0 Å². The van der Waals surface area contributed by atoms with Crippen LogP contribution in [0.1, 0.15) is 62.9 Å². The minimum absolute atomic E-state index is 0. The molecule has 2 radical (unpaired) electrons.